The third kappa shape index (κ3) is 3.15. The summed E-state index contributed by atoms with van der Waals surface area (Å²) in [7, 11) is 1.64. The molecule has 1 N–H and O–H groups in total. The van der Waals surface area contributed by atoms with Crippen molar-refractivity contribution in [1.82, 2.24) is 0 Å². The number of hydrogen-bond acceptors (Lipinski definition) is 2. The van der Waals surface area contributed by atoms with Gasteiger partial charge in [-0.25, -0.2) is 0 Å². The lowest BCUT2D eigenvalue weighted by Crippen LogP contribution is -2.12. The largest absolute Gasteiger partial charge is 0.380 e. The van der Waals surface area contributed by atoms with Crippen LogP contribution in [0.3, 0.4) is 0 Å². The predicted molar refractivity (Wildman–Crippen MR) is 89.1 cm³/mol. The molecule has 3 nitrogen and oxygen atoms in total. The van der Waals surface area contributed by atoms with E-state index in [-0.39, 0.29) is 5.91 Å². The highest BCUT2D eigenvalue weighted by molar-refractivity contribution is 6.05. The molecule has 0 saturated heterocycles. The number of nitrogens with one attached hydrogen (secondary N) is 1. The Balaban J connectivity index is 1.81. The summed E-state index contributed by atoms with van der Waals surface area (Å²) in [6.07, 6.45) is 0. The molecule has 0 aliphatic rings. The molecular formula is C19H17NO2. The Morgan fingerprint density at radius 2 is 1.77 bits per heavy atom. The fourth-order valence-electron chi connectivity index (χ4n) is 2.44. The van der Waals surface area contributed by atoms with Crippen LogP contribution >= 0.6 is 0 Å². The lowest BCUT2D eigenvalue weighted by Gasteiger charge is -2.08. The molecule has 0 bridgehead atoms. The van der Waals surface area contributed by atoms with Gasteiger partial charge < -0.3 is 10.1 Å². The highest BCUT2D eigenvalue weighted by atomic mass is 16.5. The Morgan fingerprint density at radius 3 is 2.59 bits per heavy atom. The van der Waals surface area contributed by atoms with E-state index in [1.165, 1.54) is 0 Å². The van der Waals surface area contributed by atoms with E-state index in [1.54, 1.807) is 13.2 Å². The van der Waals surface area contributed by atoms with E-state index in [9.17, 15) is 4.79 Å². The van der Waals surface area contributed by atoms with Crippen molar-refractivity contribution in [1.29, 1.82) is 0 Å². The fourth-order valence-corrected chi connectivity index (χ4v) is 2.44. The number of carbonyl (C=O) groups excluding carboxylic acids is 1. The van der Waals surface area contributed by atoms with E-state index in [0.717, 1.165) is 22.0 Å². The first-order chi connectivity index (χ1) is 10.8. The number of benzene rings is 3. The monoisotopic (exact) mass is 291 g/mol. The molecule has 0 atom stereocenters. The molecule has 0 spiro atoms. The SMILES string of the molecule is COCc1cccc(C(=O)Nc2ccc3ccccc3c2)c1. The molecule has 0 saturated carbocycles. The van der Waals surface area contributed by atoms with Gasteiger partial charge in [0.1, 0.15) is 0 Å². The van der Waals surface area contributed by atoms with Gasteiger partial charge in [0.15, 0.2) is 0 Å². The summed E-state index contributed by atoms with van der Waals surface area (Å²) in [5.41, 5.74) is 2.40. The number of ether oxygens (including phenoxy) is 1. The summed E-state index contributed by atoms with van der Waals surface area (Å²) in [6.45, 7) is 0.497. The number of hydrogen-bond donors (Lipinski definition) is 1. The normalized spacial score (nSPS) is 10.6. The van der Waals surface area contributed by atoms with Crippen LogP contribution in [0.15, 0.2) is 66.7 Å². The van der Waals surface area contributed by atoms with Crippen molar-refractivity contribution in [3.8, 4) is 0 Å². The highest BCUT2D eigenvalue weighted by Crippen LogP contribution is 2.19. The van der Waals surface area contributed by atoms with Gasteiger partial charge >= 0.3 is 0 Å². The van der Waals surface area contributed by atoms with E-state index in [2.05, 4.69) is 11.4 Å². The first-order valence-electron chi connectivity index (χ1n) is 7.14. The average Bonchev–Trinajstić information content (AvgIpc) is 2.55. The number of amides is 1. The molecule has 1 amide bonds. The molecule has 0 aromatic heterocycles. The molecule has 3 aromatic carbocycles. The van der Waals surface area contributed by atoms with Crippen LogP contribution in [0.1, 0.15) is 15.9 Å². The van der Waals surface area contributed by atoms with E-state index < -0.39 is 0 Å². The van der Waals surface area contributed by atoms with Crippen molar-refractivity contribution >= 4 is 22.4 Å². The van der Waals surface area contributed by atoms with Crippen molar-refractivity contribution in [2.24, 2.45) is 0 Å². The second kappa shape index (κ2) is 6.41. The van der Waals surface area contributed by atoms with Crippen LogP contribution in [-0.4, -0.2) is 13.0 Å². The molecule has 0 heterocycles. The average molecular weight is 291 g/mol. The molecular weight excluding hydrogens is 274 g/mol. The van der Waals surface area contributed by atoms with Crippen molar-refractivity contribution in [3.63, 3.8) is 0 Å². The molecule has 22 heavy (non-hydrogen) atoms. The number of anilines is 1. The molecule has 0 aliphatic carbocycles. The van der Waals surface area contributed by atoms with E-state index in [1.807, 2.05) is 54.6 Å². The van der Waals surface area contributed by atoms with Gasteiger partial charge in [0.2, 0.25) is 0 Å². The van der Waals surface area contributed by atoms with E-state index in [4.69, 9.17) is 4.74 Å². The molecule has 3 heteroatoms. The minimum absolute atomic E-state index is 0.117. The Bertz CT molecular complexity index is 811. The van der Waals surface area contributed by atoms with Crippen LogP contribution in [0.4, 0.5) is 5.69 Å². The van der Waals surface area contributed by atoms with Crippen molar-refractivity contribution in [2.75, 3.05) is 12.4 Å². The first-order valence-corrected chi connectivity index (χ1v) is 7.14. The zero-order valence-corrected chi connectivity index (χ0v) is 12.4. The van der Waals surface area contributed by atoms with Crippen LogP contribution in [0, 0.1) is 0 Å². The quantitative estimate of drug-likeness (QED) is 0.781. The van der Waals surface area contributed by atoms with Gasteiger partial charge in [0, 0.05) is 18.4 Å². The highest BCUT2D eigenvalue weighted by Gasteiger charge is 2.07. The molecule has 3 rings (SSSR count). The summed E-state index contributed by atoms with van der Waals surface area (Å²) < 4.78 is 5.10. The number of methoxy groups -OCH3 is 1. The molecule has 0 unspecified atom stereocenters. The van der Waals surface area contributed by atoms with Crippen LogP contribution in [0.2, 0.25) is 0 Å². The topological polar surface area (TPSA) is 38.3 Å². The van der Waals surface area contributed by atoms with Gasteiger partial charge in [0.05, 0.1) is 6.61 Å². The summed E-state index contributed by atoms with van der Waals surface area (Å²) in [5.74, 6) is -0.117. The van der Waals surface area contributed by atoms with Gasteiger partial charge in [-0.05, 0) is 40.6 Å². The van der Waals surface area contributed by atoms with Gasteiger partial charge in [-0.1, -0.05) is 42.5 Å². The summed E-state index contributed by atoms with van der Waals surface area (Å²) >= 11 is 0. The maximum absolute atomic E-state index is 12.4. The summed E-state index contributed by atoms with van der Waals surface area (Å²) in [5, 5.41) is 5.20. The van der Waals surface area contributed by atoms with Crippen LogP contribution in [-0.2, 0) is 11.3 Å². The van der Waals surface area contributed by atoms with Crippen LogP contribution < -0.4 is 5.32 Å². The summed E-state index contributed by atoms with van der Waals surface area (Å²) in [6, 6.07) is 21.4. The standard InChI is InChI=1S/C19H17NO2/c1-22-13-14-5-4-8-17(11-14)19(21)20-18-10-9-15-6-2-3-7-16(15)12-18/h2-12H,13H2,1H3,(H,20,21). The minimum atomic E-state index is -0.117. The van der Waals surface area contributed by atoms with Gasteiger partial charge in [-0.2, -0.15) is 0 Å². The van der Waals surface area contributed by atoms with Crippen molar-refractivity contribution in [2.45, 2.75) is 6.61 Å². The number of carbonyl (C=O) groups is 1. The van der Waals surface area contributed by atoms with Crippen molar-refractivity contribution < 1.29 is 9.53 Å². The lowest BCUT2D eigenvalue weighted by molar-refractivity contribution is 0.102. The zero-order chi connectivity index (χ0) is 15.4. The van der Waals surface area contributed by atoms with Gasteiger partial charge in [0.25, 0.3) is 5.91 Å². The number of rotatable bonds is 4. The summed E-state index contributed by atoms with van der Waals surface area (Å²) in [4.78, 5) is 12.4. The molecule has 0 radical (unpaired) electrons. The second-order valence-corrected chi connectivity index (χ2v) is 5.15. The van der Waals surface area contributed by atoms with Gasteiger partial charge in [-0.15, -0.1) is 0 Å². The smallest absolute Gasteiger partial charge is 0.255 e. The maximum Gasteiger partial charge on any atom is 0.255 e. The Labute approximate surface area is 129 Å². The van der Waals surface area contributed by atoms with E-state index >= 15 is 0 Å². The number of fused-ring (bicyclic) bond motifs is 1. The Hall–Kier alpha value is -2.65. The molecule has 110 valence electrons. The third-order valence-corrected chi connectivity index (χ3v) is 3.51. The second-order valence-electron chi connectivity index (χ2n) is 5.15. The maximum atomic E-state index is 12.4. The third-order valence-electron chi connectivity index (χ3n) is 3.51. The zero-order valence-electron chi connectivity index (χ0n) is 12.4. The predicted octanol–water partition coefficient (Wildman–Crippen LogP) is 4.24. The van der Waals surface area contributed by atoms with Crippen molar-refractivity contribution in [3.05, 3.63) is 77.9 Å². The van der Waals surface area contributed by atoms with Crippen LogP contribution in [0.5, 0.6) is 0 Å². The fraction of sp³-hybridized carbons (Fsp3) is 0.105. The lowest BCUT2D eigenvalue weighted by atomic mass is 10.1. The molecule has 3 aromatic rings. The van der Waals surface area contributed by atoms with Crippen LogP contribution in [0.25, 0.3) is 10.8 Å². The van der Waals surface area contributed by atoms with Gasteiger partial charge in [-0.3, -0.25) is 4.79 Å². The van der Waals surface area contributed by atoms with E-state index in [0.29, 0.717) is 12.2 Å². The Morgan fingerprint density at radius 1 is 0.955 bits per heavy atom. The Kier molecular flexibility index (Phi) is 4.17. The minimum Gasteiger partial charge on any atom is -0.380 e. The first kappa shape index (κ1) is 14.3. The molecule has 0 fully saturated rings. The molecule has 0 aliphatic heterocycles.